The zero-order valence-corrected chi connectivity index (χ0v) is 16.9. The van der Waals surface area contributed by atoms with Crippen LogP contribution >= 0.6 is 0 Å². The Morgan fingerprint density at radius 1 is 0.962 bits per heavy atom. The number of carbonyl (C=O) groups is 1. The number of hydrogen-bond acceptors (Lipinski definition) is 3. The third kappa shape index (κ3) is 4.22. The van der Waals surface area contributed by atoms with E-state index < -0.39 is 0 Å². The van der Waals surface area contributed by atoms with E-state index in [-0.39, 0.29) is 11.9 Å². The molecule has 0 radical (unpaired) electrons. The minimum Gasteiger partial charge on any atom is -0.369 e. The van der Waals surface area contributed by atoms with Crippen LogP contribution in [0.1, 0.15) is 63.7 Å². The Hall–Kier alpha value is -1.55. The number of rotatable bonds is 5. The van der Waals surface area contributed by atoms with Crippen LogP contribution < -0.4 is 4.90 Å². The van der Waals surface area contributed by atoms with Gasteiger partial charge in [-0.2, -0.15) is 0 Å². The monoisotopic (exact) mass is 357 g/mol. The smallest absolute Gasteiger partial charge is 0.254 e. The number of benzene rings is 1. The number of hydrogen-bond donors (Lipinski definition) is 0. The van der Waals surface area contributed by atoms with Gasteiger partial charge < -0.3 is 9.80 Å². The number of amides is 1. The molecule has 1 aromatic rings. The van der Waals surface area contributed by atoms with E-state index in [2.05, 4.69) is 54.5 Å². The first-order valence-electron chi connectivity index (χ1n) is 10.4. The maximum Gasteiger partial charge on any atom is 0.254 e. The van der Waals surface area contributed by atoms with E-state index in [9.17, 15) is 4.79 Å². The molecule has 3 rings (SSSR count). The first kappa shape index (κ1) is 19.2. The molecule has 4 heteroatoms. The van der Waals surface area contributed by atoms with Crippen molar-refractivity contribution in [2.75, 3.05) is 31.1 Å². The average Bonchev–Trinajstić information content (AvgIpc) is 3.16. The van der Waals surface area contributed by atoms with Gasteiger partial charge >= 0.3 is 0 Å². The molecule has 1 aliphatic carbocycles. The molecule has 144 valence electrons. The largest absolute Gasteiger partial charge is 0.369 e. The van der Waals surface area contributed by atoms with Gasteiger partial charge in [0, 0.05) is 55.6 Å². The van der Waals surface area contributed by atoms with Crippen molar-refractivity contribution in [2.45, 2.75) is 71.5 Å². The molecule has 26 heavy (non-hydrogen) atoms. The third-order valence-electron chi connectivity index (χ3n) is 6.03. The van der Waals surface area contributed by atoms with Gasteiger partial charge in [0.25, 0.3) is 5.91 Å². The van der Waals surface area contributed by atoms with Gasteiger partial charge in [-0.25, -0.2) is 0 Å². The Balaban J connectivity index is 1.66. The van der Waals surface area contributed by atoms with Crippen LogP contribution in [0.15, 0.2) is 24.3 Å². The van der Waals surface area contributed by atoms with Gasteiger partial charge in [-0.15, -0.1) is 0 Å². The van der Waals surface area contributed by atoms with Crippen LogP contribution in [0, 0.1) is 0 Å². The minimum absolute atomic E-state index is 0.197. The van der Waals surface area contributed by atoms with Crippen molar-refractivity contribution in [3.05, 3.63) is 29.8 Å². The highest BCUT2D eigenvalue weighted by Crippen LogP contribution is 2.27. The highest BCUT2D eigenvalue weighted by molar-refractivity contribution is 5.95. The average molecular weight is 358 g/mol. The molecule has 0 bridgehead atoms. The SMILES string of the molecule is CC(C)N1CCN(c2ccc(C(=O)N(C(C)C)C3CCCC3)cc2)CC1. The summed E-state index contributed by atoms with van der Waals surface area (Å²) in [7, 11) is 0. The van der Waals surface area contributed by atoms with Crippen LogP contribution in [0.2, 0.25) is 0 Å². The molecule has 0 N–H and O–H groups in total. The van der Waals surface area contributed by atoms with Gasteiger partial charge in [0.1, 0.15) is 0 Å². The van der Waals surface area contributed by atoms with Crippen molar-refractivity contribution in [3.63, 3.8) is 0 Å². The highest BCUT2D eigenvalue weighted by Gasteiger charge is 2.29. The normalized spacial score (nSPS) is 19.5. The summed E-state index contributed by atoms with van der Waals surface area (Å²) in [6, 6.07) is 9.61. The summed E-state index contributed by atoms with van der Waals surface area (Å²) in [5, 5.41) is 0. The van der Waals surface area contributed by atoms with E-state index in [0.717, 1.165) is 44.6 Å². The zero-order valence-electron chi connectivity index (χ0n) is 16.9. The highest BCUT2D eigenvalue weighted by atomic mass is 16.2. The van der Waals surface area contributed by atoms with Crippen molar-refractivity contribution in [1.82, 2.24) is 9.80 Å². The van der Waals surface area contributed by atoms with Crippen molar-refractivity contribution in [1.29, 1.82) is 0 Å². The van der Waals surface area contributed by atoms with Gasteiger partial charge in [-0.05, 0) is 64.8 Å². The maximum absolute atomic E-state index is 13.1. The van der Waals surface area contributed by atoms with Gasteiger partial charge in [-0.1, -0.05) is 12.8 Å². The summed E-state index contributed by atoms with van der Waals surface area (Å²) in [5.74, 6) is 0.197. The fourth-order valence-electron chi connectivity index (χ4n) is 4.46. The molecule has 2 fully saturated rings. The summed E-state index contributed by atoms with van der Waals surface area (Å²) in [6.45, 7) is 13.2. The standard InChI is InChI=1S/C22H35N3O/c1-17(2)23-13-15-24(16-14-23)20-11-9-19(10-12-20)22(26)25(18(3)4)21-7-5-6-8-21/h9-12,17-18,21H,5-8,13-16H2,1-4H3. The number of anilines is 1. The Labute approximate surface area is 159 Å². The summed E-state index contributed by atoms with van der Waals surface area (Å²) in [5.41, 5.74) is 2.07. The van der Waals surface area contributed by atoms with E-state index >= 15 is 0 Å². The lowest BCUT2D eigenvalue weighted by Gasteiger charge is -2.38. The molecule has 1 amide bonds. The Kier molecular flexibility index (Phi) is 6.23. The molecular weight excluding hydrogens is 322 g/mol. The lowest BCUT2D eigenvalue weighted by molar-refractivity contribution is 0.0613. The maximum atomic E-state index is 13.1. The van der Waals surface area contributed by atoms with Crippen LogP contribution in [0.5, 0.6) is 0 Å². The van der Waals surface area contributed by atoms with Gasteiger partial charge in [0.2, 0.25) is 0 Å². The first-order chi connectivity index (χ1) is 12.5. The van der Waals surface area contributed by atoms with E-state index in [1.165, 1.54) is 18.5 Å². The summed E-state index contributed by atoms with van der Waals surface area (Å²) in [6.07, 6.45) is 4.81. The lowest BCUT2D eigenvalue weighted by Crippen LogP contribution is -2.48. The van der Waals surface area contributed by atoms with Crippen molar-refractivity contribution >= 4 is 11.6 Å². The van der Waals surface area contributed by atoms with Crippen LogP contribution in [0.25, 0.3) is 0 Å². The van der Waals surface area contributed by atoms with Crippen molar-refractivity contribution in [2.24, 2.45) is 0 Å². The predicted molar refractivity (Wildman–Crippen MR) is 109 cm³/mol. The second kappa shape index (κ2) is 8.43. The van der Waals surface area contributed by atoms with Crippen LogP contribution in [0.4, 0.5) is 5.69 Å². The fraction of sp³-hybridized carbons (Fsp3) is 0.682. The first-order valence-corrected chi connectivity index (χ1v) is 10.4. The molecule has 0 atom stereocenters. The molecule has 1 heterocycles. The quantitative estimate of drug-likeness (QED) is 0.797. The molecule has 4 nitrogen and oxygen atoms in total. The molecule has 1 saturated carbocycles. The minimum atomic E-state index is 0.197. The van der Waals surface area contributed by atoms with Crippen molar-refractivity contribution < 1.29 is 4.79 Å². The Bertz CT molecular complexity index is 582. The summed E-state index contributed by atoms with van der Waals surface area (Å²) < 4.78 is 0. The molecule has 1 aromatic carbocycles. The summed E-state index contributed by atoms with van der Waals surface area (Å²) in [4.78, 5) is 20.2. The van der Waals surface area contributed by atoms with Crippen molar-refractivity contribution in [3.8, 4) is 0 Å². The van der Waals surface area contributed by atoms with E-state index in [0.29, 0.717) is 12.1 Å². The second-order valence-corrected chi connectivity index (χ2v) is 8.41. The molecule has 2 aliphatic rings. The van der Waals surface area contributed by atoms with Gasteiger partial charge in [0.15, 0.2) is 0 Å². The molecule has 0 aromatic heterocycles. The Morgan fingerprint density at radius 2 is 1.54 bits per heavy atom. The topological polar surface area (TPSA) is 26.8 Å². The van der Waals surface area contributed by atoms with E-state index in [1.54, 1.807) is 0 Å². The van der Waals surface area contributed by atoms with Crippen LogP contribution in [-0.2, 0) is 0 Å². The summed E-state index contributed by atoms with van der Waals surface area (Å²) >= 11 is 0. The van der Waals surface area contributed by atoms with Crippen LogP contribution in [0.3, 0.4) is 0 Å². The Morgan fingerprint density at radius 3 is 2.04 bits per heavy atom. The fourth-order valence-corrected chi connectivity index (χ4v) is 4.46. The molecular formula is C22H35N3O. The van der Waals surface area contributed by atoms with Crippen LogP contribution in [-0.4, -0.2) is 60.0 Å². The number of carbonyl (C=O) groups excluding carboxylic acids is 1. The lowest BCUT2D eigenvalue weighted by atomic mass is 10.1. The second-order valence-electron chi connectivity index (χ2n) is 8.41. The molecule has 1 aliphatic heterocycles. The van der Waals surface area contributed by atoms with Gasteiger partial charge in [0.05, 0.1) is 0 Å². The number of piperazine rings is 1. The van der Waals surface area contributed by atoms with E-state index in [1.807, 2.05) is 12.1 Å². The predicted octanol–water partition coefficient (Wildman–Crippen LogP) is 4.01. The third-order valence-corrected chi connectivity index (χ3v) is 6.03. The van der Waals surface area contributed by atoms with Gasteiger partial charge in [-0.3, -0.25) is 9.69 Å². The molecule has 1 saturated heterocycles. The number of nitrogens with zero attached hydrogens (tertiary/aromatic N) is 3. The zero-order chi connectivity index (χ0) is 18.7. The molecule has 0 unspecified atom stereocenters. The molecule has 0 spiro atoms. The van der Waals surface area contributed by atoms with E-state index in [4.69, 9.17) is 0 Å².